The van der Waals surface area contributed by atoms with Gasteiger partial charge in [-0.15, -0.1) is 0 Å². The highest BCUT2D eigenvalue weighted by atomic mass is 16.1. The van der Waals surface area contributed by atoms with Crippen LogP contribution in [0, 0.1) is 0 Å². The smallest absolute Gasteiger partial charge is 0.220 e. The maximum atomic E-state index is 12.1. The fourth-order valence-electron chi connectivity index (χ4n) is 5.79. The molecule has 41 heavy (non-hydrogen) atoms. The SMILES string of the molecule is C=Cc1ccc(CNC(=O)CCCCCCCCCC[N+](C)(C)CCCCCCCCCCCCCCCC)cc1. The molecule has 0 aliphatic carbocycles. The number of quaternary nitrogens is 1. The number of benzene rings is 1. The molecule has 0 unspecified atom stereocenters. The Morgan fingerprint density at radius 3 is 1.44 bits per heavy atom. The number of amides is 1. The number of hydrogen-bond acceptors (Lipinski definition) is 1. The minimum Gasteiger partial charge on any atom is -0.352 e. The van der Waals surface area contributed by atoms with E-state index in [0.29, 0.717) is 13.0 Å². The topological polar surface area (TPSA) is 29.1 Å². The molecule has 0 aliphatic rings. The Hall–Kier alpha value is -1.61. The molecule has 0 heterocycles. The fourth-order valence-corrected chi connectivity index (χ4v) is 5.79. The summed E-state index contributed by atoms with van der Waals surface area (Å²) in [5.41, 5.74) is 2.25. The van der Waals surface area contributed by atoms with Gasteiger partial charge in [0.05, 0.1) is 27.2 Å². The zero-order valence-corrected chi connectivity index (χ0v) is 27.8. The Labute approximate surface area is 256 Å². The van der Waals surface area contributed by atoms with E-state index >= 15 is 0 Å². The van der Waals surface area contributed by atoms with Gasteiger partial charge in [0.15, 0.2) is 0 Å². The Kier molecular flexibility index (Phi) is 23.8. The lowest BCUT2D eigenvalue weighted by atomic mass is 10.0. The van der Waals surface area contributed by atoms with Crippen LogP contribution in [0.1, 0.15) is 166 Å². The van der Waals surface area contributed by atoms with Gasteiger partial charge in [-0.25, -0.2) is 0 Å². The summed E-state index contributed by atoms with van der Waals surface area (Å²) < 4.78 is 1.19. The van der Waals surface area contributed by atoms with Crippen molar-refractivity contribution in [3.8, 4) is 0 Å². The van der Waals surface area contributed by atoms with E-state index in [2.05, 4.69) is 45.0 Å². The molecule has 1 rings (SSSR count). The van der Waals surface area contributed by atoms with Crippen molar-refractivity contribution < 1.29 is 9.28 Å². The summed E-state index contributed by atoms with van der Waals surface area (Å²) in [5, 5.41) is 3.04. The largest absolute Gasteiger partial charge is 0.352 e. The molecule has 1 aromatic carbocycles. The number of nitrogens with zero attached hydrogens (tertiary/aromatic N) is 1. The van der Waals surface area contributed by atoms with Crippen molar-refractivity contribution >= 4 is 12.0 Å². The normalized spacial score (nSPS) is 11.6. The van der Waals surface area contributed by atoms with Crippen molar-refractivity contribution in [1.29, 1.82) is 0 Å². The molecule has 0 fully saturated rings. The summed E-state index contributed by atoms with van der Waals surface area (Å²) >= 11 is 0. The molecule has 0 spiro atoms. The van der Waals surface area contributed by atoms with E-state index in [1.165, 1.54) is 152 Å². The Morgan fingerprint density at radius 1 is 0.634 bits per heavy atom. The summed E-state index contributed by atoms with van der Waals surface area (Å²) in [6.07, 6.45) is 32.8. The minimum absolute atomic E-state index is 0.174. The number of unbranched alkanes of at least 4 members (excludes halogenated alkanes) is 20. The van der Waals surface area contributed by atoms with Crippen LogP contribution in [0.15, 0.2) is 30.8 Å². The van der Waals surface area contributed by atoms with Gasteiger partial charge in [0.25, 0.3) is 0 Å². The van der Waals surface area contributed by atoms with Crippen molar-refractivity contribution in [2.45, 2.75) is 161 Å². The van der Waals surface area contributed by atoms with Crippen molar-refractivity contribution in [2.24, 2.45) is 0 Å². The predicted molar refractivity (Wildman–Crippen MR) is 182 cm³/mol. The summed E-state index contributed by atoms with van der Waals surface area (Å²) in [5.74, 6) is 0.174. The summed E-state index contributed by atoms with van der Waals surface area (Å²) in [4.78, 5) is 12.1. The lowest BCUT2D eigenvalue weighted by Crippen LogP contribution is -2.41. The van der Waals surface area contributed by atoms with Gasteiger partial charge in [-0.1, -0.05) is 153 Å². The number of carbonyl (C=O) groups excluding carboxylic acids is 1. The summed E-state index contributed by atoms with van der Waals surface area (Å²) in [7, 11) is 4.85. The Bertz CT molecular complexity index is 739. The maximum Gasteiger partial charge on any atom is 0.220 e. The van der Waals surface area contributed by atoms with E-state index in [4.69, 9.17) is 0 Å². The van der Waals surface area contributed by atoms with Crippen LogP contribution in [0.4, 0.5) is 0 Å². The molecule has 1 N–H and O–H groups in total. The first-order valence-electron chi connectivity index (χ1n) is 17.8. The highest BCUT2D eigenvalue weighted by Crippen LogP contribution is 2.15. The predicted octanol–water partition coefficient (Wildman–Crippen LogP) is 11.0. The number of nitrogens with one attached hydrogen (secondary N) is 1. The van der Waals surface area contributed by atoms with Crippen molar-refractivity contribution in [3.63, 3.8) is 0 Å². The average Bonchev–Trinajstić information content (AvgIpc) is 2.97. The molecule has 3 nitrogen and oxygen atoms in total. The Balaban J connectivity index is 1.83. The molecular formula is C38H69N2O+. The first kappa shape index (κ1) is 37.4. The number of hydrogen-bond donors (Lipinski definition) is 1. The molecule has 0 saturated carbocycles. The quantitative estimate of drug-likeness (QED) is 0.0754. The van der Waals surface area contributed by atoms with Gasteiger partial charge in [-0.2, -0.15) is 0 Å². The van der Waals surface area contributed by atoms with E-state index in [1.807, 2.05) is 18.2 Å². The molecular weight excluding hydrogens is 500 g/mol. The van der Waals surface area contributed by atoms with Crippen LogP contribution in [-0.4, -0.2) is 37.6 Å². The zero-order valence-electron chi connectivity index (χ0n) is 27.8. The molecule has 0 atom stereocenters. The van der Waals surface area contributed by atoms with Crippen LogP contribution in [0.5, 0.6) is 0 Å². The highest BCUT2D eigenvalue weighted by Gasteiger charge is 2.13. The average molecular weight is 570 g/mol. The van der Waals surface area contributed by atoms with Gasteiger partial charge < -0.3 is 9.80 Å². The molecule has 0 aromatic heterocycles. The van der Waals surface area contributed by atoms with Gasteiger partial charge >= 0.3 is 0 Å². The Morgan fingerprint density at radius 2 is 1.02 bits per heavy atom. The van der Waals surface area contributed by atoms with Crippen LogP contribution in [0.3, 0.4) is 0 Å². The summed E-state index contributed by atoms with van der Waals surface area (Å²) in [6.45, 7) is 9.36. The van der Waals surface area contributed by atoms with Gasteiger partial charge in [0.2, 0.25) is 5.91 Å². The van der Waals surface area contributed by atoms with Gasteiger partial charge in [0.1, 0.15) is 0 Å². The standard InChI is InChI=1S/C38H68N2O/c1-5-7-8-9-10-11-12-13-14-15-17-20-23-26-33-40(3,4)34-27-24-21-18-16-19-22-25-28-38(41)39-35-37-31-29-36(6-2)30-32-37/h6,29-32H,2,5,7-28,33-35H2,1,3-4H3/p+1. The van der Waals surface area contributed by atoms with E-state index in [1.54, 1.807) is 0 Å². The van der Waals surface area contributed by atoms with Gasteiger partial charge in [-0.3, -0.25) is 4.79 Å². The minimum atomic E-state index is 0.174. The molecule has 0 saturated heterocycles. The second-order valence-corrected chi connectivity index (χ2v) is 13.3. The van der Waals surface area contributed by atoms with E-state index < -0.39 is 0 Å². The van der Waals surface area contributed by atoms with Crippen LogP contribution in [0.25, 0.3) is 6.08 Å². The van der Waals surface area contributed by atoms with Crippen molar-refractivity contribution in [3.05, 3.63) is 42.0 Å². The first-order chi connectivity index (χ1) is 20.0. The second-order valence-electron chi connectivity index (χ2n) is 13.3. The van der Waals surface area contributed by atoms with E-state index in [0.717, 1.165) is 17.5 Å². The lowest BCUT2D eigenvalue weighted by molar-refractivity contribution is -0.890. The number of carbonyl (C=O) groups is 1. The maximum absolute atomic E-state index is 12.1. The number of rotatable bonds is 29. The molecule has 0 radical (unpaired) electrons. The third-order valence-corrected chi connectivity index (χ3v) is 8.74. The van der Waals surface area contributed by atoms with Gasteiger partial charge in [-0.05, 0) is 43.2 Å². The molecule has 0 bridgehead atoms. The summed E-state index contributed by atoms with van der Waals surface area (Å²) in [6, 6.07) is 8.18. The first-order valence-corrected chi connectivity index (χ1v) is 17.8. The third-order valence-electron chi connectivity index (χ3n) is 8.74. The fraction of sp³-hybridized carbons (Fsp3) is 0.763. The van der Waals surface area contributed by atoms with E-state index in [-0.39, 0.29) is 5.91 Å². The monoisotopic (exact) mass is 570 g/mol. The molecule has 0 aliphatic heterocycles. The molecule has 236 valence electrons. The van der Waals surface area contributed by atoms with Crippen LogP contribution in [0.2, 0.25) is 0 Å². The third kappa shape index (κ3) is 23.6. The lowest BCUT2D eigenvalue weighted by Gasteiger charge is -2.30. The van der Waals surface area contributed by atoms with Gasteiger partial charge in [0, 0.05) is 13.0 Å². The molecule has 1 amide bonds. The van der Waals surface area contributed by atoms with Crippen LogP contribution >= 0.6 is 0 Å². The van der Waals surface area contributed by atoms with Crippen LogP contribution in [-0.2, 0) is 11.3 Å². The van der Waals surface area contributed by atoms with Crippen molar-refractivity contribution in [2.75, 3.05) is 27.2 Å². The van der Waals surface area contributed by atoms with Crippen molar-refractivity contribution in [1.82, 2.24) is 5.32 Å². The van der Waals surface area contributed by atoms with Crippen LogP contribution < -0.4 is 5.32 Å². The molecule has 1 aromatic rings. The highest BCUT2D eigenvalue weighted by molar-refractivity contribution is 5.75. The van der Waals surface area contributed by atoms with E-state index in [9.17, 15) is 4.79 Å². The second kappa shape index (κ2) is 26.1. The molecule has 3 heteroatoms. The zero-order chi connectivity index (χ0) is 29.9.